The van der Waals surface area contributed by atoms with Crippen LogP contribution in [0.5, 0.6) is 5.75 Å². The molecule has 1 unspecified atom stereocenters. The van der Waals surface area contributed by atoms with Crippen LogP contribution in [-0.2, 0) is 6.42 Å². The third kappa shape index (κ3) is 2.82. The second-order valence-electron chi connectivity index (χ2n) is 3.16. The van der Waals surface area contributed by atoms with Gasteiger partial charge < -0.3 is 10.2 Å². The summed E-state index contributed by atoms with van der Waals surface area (Å²) in [5.74, 6) is -3.59. The molecular formula is C9H7F5O2. The van der Waals surface area contributed by atoms with Gasteiger partial charge in [-0.25, -0.2) is 8.78 Å². The van der Waals surface area contributed by atoms with Gasteiger partial charge in [0.2, 0.25) is 0 Å². The Morgan fingerprint density at radius 2 is 1.75 bits per heavy atom. The minimum absolute atomic E-state index is 0.332. The molecule has 0 aliphatic heterocycles. The van der Waals surface area contributed by atoms with Gasteiger partial charge >= 0.3 is 6.18 Å². The molecule has 0 aliphatic carbocycles. The standard InChI is InChI=1S/C9H7F5O2/c10-5-1-4(8(16)6(11)3-5)2-7(15)9(12,13)14/h1,3,7,15-16H,2H2. The van der Waals surface area contributed by atoms with Gasteiger partial charge in [-0.3, -0.25) is 0 Å². The molecule has 1 aromatic rings. The highest BCUT2D eigenvalue weighted by Crippen LogP contribution is 2.28. The lowest BCUT2D eigenvalue weighted by molar-refractivity contribution is -0.203. The van der Waals surface area contributed by atoms with E-state index in [-0.39, 0.29) is 0 Å². The van der Waals surface area contributed by atoms with Crippen molar-refractivity contribution < 1.29 is 32.2 Å². The van der Waals surface area contributed by atoms with Gasteiger partial charge in [-0.1, -0.05) is 0 Å². The fourth-order valence-corrected chi connectivity index (χ4v) is 1.10. The molecule has 0 bridgehead atoms. The Labute approximate surface area is 86.9 Å². The van der Waals surface area contributed by atoms with Crippen molar-refractivity contribution in [2.75, 3.05) is 0 Å². The first-order valence-electron chi connectivity index (χ1n) is 4.13. The van der Waals surface area contributed by atoms with Crippen molar-refractivity contribution >= 4 is 0 Å². The van der Waals surface area contributed by atoms with Crippen molar-refractivity contribution in [1.82, 2.24) is 0 Å². The zero-order chi connectivity index (χ0) is 12.5. The fourth-order valence-electron chi connectivity index (χ4n) is 1.10. The molecule has 2 nitrogen and oxygen atoms in total. The summed E-state index contributed by atoms with van der Waals surface area (Å²) in [7, 11) is 0. The molecule has 16 heavy (non-hydrogen) atoms. The van der Waals surface area contributed by atoms with Gasteiger partial charge in [0.05, 0.1) is 0 Å². The molecule has 1 aromatic carbocycles. The van der Waals surface area contributed by atoms with Crippen LogP contribution in [0.15, 0.2) is 12.1 Å². The molecule has 2 N–H and O–H groups in total. The average molecular weight is 242 g/mol. The van der Waals surface area contributed by atoms with E-state index < -0.39 is 41.6 Å². The molecule has 7 heteroatoms. The lowest BCUT2D eigenvalue weighted by Gasteiger charge is -2.15. The third-order valence-corrected chi connectivity index (χ3v) is 1.90. The van der Waals surface area contributed by atoms with E-state index in [0.29, 0.717) is 12.1 Å². The van der Waals surface area contributed by atoms with Crippen LogP contribution in [0.4, 0.5) is 22.0 Å². The SMILES string of the molecule is Oc1c(F)cc(F)cc1CC(O)C(F)(F)F. The first-order valence-corrected chi connectivity index (χ1v) is 4.13. The van der Waals surface area contributed by atoms with E-state index >= 15 is 0 Å². The van der Waals surface area contributed by atoms with E-state index in [0.717, 1.165) is 0 Å². The summed E-state index contributed by atoms with van der Waals surface area (Å²) >= 11 is 0. The number of phenolic OH excluding ortho intramolecular Hbond substituents is 1. The predicted octanol–water partition coefficient (Wildman–Crippen LogP) is 2.14. The maximum atomic E-state index is 12.7. The van der Waals surface area contributed by atoms with Crippen molar-refractivity contribution in [2.45, 2.75) is 18.7 Å². The molecule has 0 saturated heterocycles. The Hall–Kier alpha value is -1.37. The zero-order valence-electron chi connectivity index (χ0n) is 7.72. The van der Waals surface area contributed by atoms with Crippen LogP contribution in [0.2, 0.25) is 0 Å². The van der Waals surface area contributed by atoms with E-state index in [1.165, 1.54) is 0 Å². The first kappa shape index (κ1) is 12.7. The van der Waals surface area contributed by atoms with E-state index in [2.05, 4.69) is 0 Å². The molecule has 0 fully saturated rings. The lowest BCUT2D eigenvalue weighted by atomic mass is 10.1. The summed E-state index contributed by atoms with van der Waals surface area (Å²) in [6.45, 7) is 0. The van der Waals surface area contributed by atoms with E-state index in [4.69, 9.17) is 10.2 Å². The molecule has 1 atom stereocenters. The summed E-state index contributed by atoms with van der Waals surface area (Å²) in [6.07, 6.45) is -8.79. The molecule has 90 valence electrons. The highest BCUT2D eigenvalue weighted by Gasteiger charge is 2.38. The van der Waals surface area contributed by atoms with Crippen LogP contribution in [0, 0.1) is 11.6 Å². The summed E-state index contributed by atoms with van der Waals surface area (Å²) in [4.78, 5) is 0. The summed E-state index contributed by atoms with van der Waals surface area (Å²) in [6, 6.07) is 0.867. The Morgan fingerprint density at radius 1 is 1.19 bits per heavy atom. The number of hydrogen-bond acceptors (Lipinski definition) is 2. The van der Waals surface area contributed by atoms with E-state index in [1.54, 1.807) is 0 Å². The average Bonchev–Trinajstić information content (AvgIpc) is 2.11. The number of alkyl halides is 3. The molecule has 0 heterocycles. The highest BCUT2D eigenvalue weighted by atomic mass is 19.4. The summed E-state index contributed by atoms with van der Waals surface area (Å²) < 4.78 is 61.2. The number of halogens is 5. The normalized spacial score (nSPS) is 13.9. The maximum absolute atomic E-state index is 12.7. The fraction of sp³-hybridized carbons (Fsp3) is 0.333. The van der Waals surface area contributed by atoms with Crippen molar-refractivity contribution in [2.24, 2.45) is 0 Å². The monoisotopic (exact) mass is 242 g/mol. The van der Waals surface area contributed by atoms with E-state index in [9.17, 15) is 22.0 Å². The van der Waals surface area contributed by atoms with Crippen LogP contribution in [-0.4, -0.2) is 22.5 Å². The second kappa shape index (κ2) is 4.25. The minimum Gasteiger partial charge on any atom is -0.505 e. The van der Waals surface area contributed by atoms with Gasteiger partial charge in [0, 0.05) is 18.1 Å². The first-order chi connectivity index (χ1) is 7.21. The highest BCUT2D eigenvalue weighted by molar-refractivity contribution is 5.34. The topological polar surface area (TPSA) is 40.5 Å². The molecule has 0 aromatic heterocycles. The van der Waals surface area contributed by atoms with Crippen molar-refractivity contribution in [3.63, 3.8) is 0 Å². The van der Waals surface area contributed by atoms with E-state index in [1.807, 2.05) is 0 Å². The maximum Gasteiger partial charge on any atom is 0.414 e. The smallest absolute Gasteiger partial charge is 0.414 e. The van der Waals surface area contributed by atoms with Gasteiger partial charge in [-0.15, -0.1) is 0 Å². The quantitative estimate of drug-likeness (QED) is 0.780. The largest absolute Gasteiger partial charge is 0.505 e. The molecular weight excluding hydrogens is 235 g/mol. The molecule has 1 rings (SSSR count). The van der Waals surface area contributed by atoms with Gasteiger partial charge in [0.1, 0.15) is 5.82 Å². The summed E-state index contributed by atoms with van der Waals surface area (Å²) in [5, 5.41) is 17.7. The van der Waals surface area contributed by atoms with Crippen molar-refractivity contribution in [3.05, 3.63) is 29.3 Å². The number of aliphatic hydroxyl groups is 1. The zero-order valence-corrected chi connectivity index (χ0v) is 7.72. The molecule has 0 saturated carbocycles. The number of rotatable bonds is 2. The van der Waals surface area contributed by atoms with Crippen LogP contribution >= 0.6 is 0 Å². The number of benzene rings is 1. The molecule has 0 radical (unpaired) electrons. The second-order valence-corrected chi connectivity index (χ2v) is 3.16. The van der Waals surface area contributed by atoms with Gasteiger partial charge in [0.15, 0.2) is 17.7 Å². The van der Waals surface area contributed by atoms with Crippen LogP contribution in [0.25, 0.3) is 0 Å². The summed E-state index contributed by atoms with van der Waals surface area (Å²) in [5.41, 5.74) is -0.637. The van der Waals surface area contributed by atoms with Gasteiger partial charge in [-0.05, 0) is 6.07 Å². The number of hydrogen-bond donors (Lipinski definition) is 2. The van der Waals surface area contributed by atoms with Crippen LogP contribution in [0.3, 0.4) is 0 Å². The van der Waals surface area contributed by atoms with Crippen LogP contribution < -0.4 is 0 Å². The Balaban J connectivity index is 2.98. The number of aromatic hydroxyl groups is 1. The minimum atomic E-state index is -4.91. The Morgan fingerprint density at radius 3 is 2.25 bits per heavy atom. The van der Waals surface area contributed by atoms with Crippen molar-refractivity contribution in [3.8, 4) is 5.75 Å². The van der Waals surface area contributed by atoms with Crippen molar-refractivity contribution in [1.29, 1.82) is 0 Å². The Kier molecular flexibility index (Phi) is 3.37. The Bertz CT molecular complexity index is 388. The molecule has 0 spiro atoms. The van der Waals surface area contributed by atoms with Crippen LogP contribution in [0.1, 0.15) is 5.56 Å². The molecule has 0 amide bonds. The van der Waals surface area contributed by atoms with Gasteiger partial charge in [0.25, 0.3) is 0 Å². The number of aliphatic hydroxyl groups excluding tert-OH is 1. The third-order valence-electron chi connectivity index (χ3n) is 1.90. The van der Waals surface area contributed by atoms with Gasteiger partial charge in [-0.2, -0.15) is 13.2 Å². The predicted molar refractivity (Wildman–Crippen MR) is 43.8 cm³/mol. The lowest BCUT2D eigenvalue weighted by Crippen LogP contribution is -2.30. The number of phenols is 1. The molecule has 0 aliphatic rings.